The molecule has 3 rings (SSSR count). The second kappa shape index (κ2) is 10.5. The molecule has 0 unspecified atom stereocenters. The first-order valence-electron chi connectivity index (χ1n) is 11.7. The van der Waals surface area contributed by atoms with Crippen molar-refractivity contribution in [2.24, 2.45) is 5.92 Å². The summed E-state index contributed by atoms with van der Waals surface area (Å²) < 4.78 is 21.1. The van der Waals surface area contributed by atoms with Crippen LogP contribution >= 0.6 is 22.6 Å². The minimum absolute atomic E-state index is 0.0981. The maximum atomic E-state index is 12.6. The number of rotatable bonds is 7. The molecule has 184 valence electrons. The molecule has 1 amide bonds. The van der Waals surface area contributed by atoms with E-state index in [0.717, 1.165) is 39.4 Å². The summed E-state index contributed by atoms with van der Waals surface area (Å²) in [5.74, 6) is 1.13. The van der Waals surface area contributed by atoms with Gasteiger partial charge < -0.3 is 23.7 Å². The first-order chi connectivity index (χ1) is 15.3. The molecule has 0 aliphatic carbocycles. The van der Waals surface area contributed by atoms with Crippen molar-refractivity contribution in [1.29, 1.82) is 0 Å². The standard InChI is InChI=1S/C24H38IN3O4Si/c1-17-12-18(14-27(13-17)23(29)32-24(2,3)4)31-20-8-9-26-22-21(20)19(25)15-28(22)16-30-10-11-33(5,6)7/h8-9,15,17-18H,10-14,16H2,1-7H3/t17-,18+/m0/s1. The molecule has 2 aromatic heterocycles. The van der Waals surface area contributed by atoms with Crippen molar-refractivity contribution < 1.29 is 19.0 Å². The summed E-state index contributed by atoms with van der Waals surface area (Å²) in [6.07, 6.45) is 4.36. The van der Waals surface area contributed by atoms with Crippen LogP contribution in [0.2, 0.25) is 25.7 Å². The number of hydrogen-bond donors (Lipinski definition) is 0. The Morgan fingerprint density at radius 2 is 2.00 bits per heavy atom. The van der Waals surface area contributed by atoms with E-state index in [1.54, 1.807) is 11.1 Å². The molecule has 1 aliphatic rings. The SMILES string of the molecule is C[C@H]1C[C@@H](Oc2ccnc3c2c(I)cn3COCC[Si](C)(C)C)CN(C(=O)OC(C)(C)C)C1. The zero-order valence-electron chi connectivity index (χ0n) is 21.0. The highest BCUT2D eigenvalue weighted by Crippen LogP contribution is 2.33. The molecule has 0 radical (unpaired) electrons. The van der Waals surface area contributed by atoms with Crippen LogP contribution in [-0.2, 0) is 16.2 Å². The number of piperidine rings is 1. The van der Waals surface area contributed by atoms with Crippen LogP contribution in [0.1, 0.15) is 34.1 Å². The average molecular weight is 588 g/mol. The highest BCUT2D eigenvalue weighted by molar-refractivity contribution is 14.1. The van der Waals surface area contributed by atoms with Gasteiger partial charge in [-0.3, -0.25) is 0 Å². The van der Waals surface area contributed by atoms with E-state index in [9.17, 15) is 4.79 Å². The smallest absolute Gasteiger partial charge is 0.410 e. The topological polar surface area (TPSA) is 65.8 Å². The second-order valence-electron chi connectivity index (χ2n) is 11.3. The predicted molar refractivity (Wildman–Crippen MR) is 143 cm³/mol. The molecule has 0 N–H and O–H groups in total. The van der Waals surface area contributed by atoms with Crippen molar-refractivity contribution in [3.8, 4) is 5.75 Å². The van der Waals surface area contributed by atoms with Gasteiger partial charge in [-0.2, -0.15) is 0 Å². The Kier molecular flexibility index (Phi) is 8.37. The third-order valence-electron chi connectivity index (χ3n) is 5.47. The average Bonchev–Trinajstić information content (AvgIpc) is 2.99. The van der Waals surface area contributed by atoms with E-state index in [-0.39, 0.29) is 12.2 Å². The van der Waals surface area contributed by atoms with E-state index < -0.39 is 13.7 Å². The molecule has 3 heterocycles. The Labute approximate surface area is 212 Å². The van der Waals surface area contributed by atoms with Crippen molar-refractivity contribution in [3.63, 3.8) is 0 Å². The highest BCUT2D eigenvalue weighted by Gasteiger charge is 2.32. The van der Waals surface area contributed by atoms with Gasteiger partial charge in [0, 0.05) is 37.2 Å². The van der Waals surface area contributed by atoms with Crippen LogP contribution in [0.15, 0.2) is 18.5 Å². The molecule has 7 nitrogen and oxygen atoms in total. The maximum absolute atomic E-state index is 12.6. The molecule has 9 heteroatoms. The first kappa shape index (κ1) is 26.3. The quantitative estimate of drug-likeness (QED) is 0.227. The Morgan fingerprint density at radius 3 is 2.67 bits per heavy atom. The summed E-state index contributed by atoms with van der Waals surface area (Å²) in [5, 5.41) is 0.994. The molecule has 1 fully saturated rings. The van der Waals surface area contributed by atoms with Crippen LogP contribution in [0, 0.1) is 9.49 Å². The predicted octanol–water partition coefficient (Wildman–Crippen LogP) is 5.98. The van der Waals surface area contributed by atoms with Gasteiger partial charge in [-0.1, -0.05) is 26.6 Å². The molecule has 2 aromatic rings. The van der Waals surface area contributed by atoms with Gasteiger partial charge >= 0.3 is 6.09 Å². The molecule has 2 atom stereocenters. The Bertz CT molecular complexity index is 967. The van der Waals surface area contributed by atoms with Crippen LogP contribution in [-0.4, -0.2) is 60.0 Å². The van der Waals surface area contributed by atoms with Crippen molar-refractivity contribution in [2.75, 3.05) is 19.7 Å². The molecule has 0 spiro atoms. The second-order valence-corrected chi connectivity index (χ2v) is 18.1. The molecule has 0 aromatic carbocycles. The molecule has 1 aliphatic heterocycles. The lowest BCUT2D eigenvalue weighted by Crippen LogP contribution is -2.49. The number of pyridine rings is 1. The fraction of sp³-hybridized carbons (Fsp3) is 0.667. The fourth-order valence-electron chi connectivity index (χ4n) is 3.91. The van der Waals surface area contributed by atoms with Crippen LogP contribution in [0.5, 0.6) is 5.75 Å². The largest absolute Gasteiger partial charge is 0.488 e. The van der Waals surface area contributed by atoms with Crippen molar-refractivity contribution in [3.05, 3.63) is 22.0 Å². The summed E-state index contributed by atoms with van der Waals surface area (Å²) in [7, 11) is -1.12. The molecule has 0 bridgehead atoms. The van der Waals surface area contributed by atoms with Gasteiger partial charge in [-0.25, -0.2) is 9.78 Å². The Morgan fingerprint density at radius 1 is 1.27 bits per heavy atom. The first-order valence-corrected chi connectivity index (χ1v) is 16.5. The molecular formula is C24H38IN3O4Si. The molecule has 33 heavy (non-hydrogen) atoms. The van der Waals surface area contributed by atoms with Crippen LogP contribution in [0.25, 0.3) is 11.0 Å². The fourth-order valence-corrected chi connectivity index (χ4v) is 5.51. The zero-order chi connectivity index (χ0) is 24.4. The van der Waals surface area contributed by atoms with Crippen molar-refractivity contribution in [1.82, 2.24) is 14.5 Å². The van der Waals surface area contributed by atoms with Crippen LogP contribution in [0.4, 0.5) is 4.79 Å². The normalized spacial score (nSPS) is 19.7. The number of hydrogen-bond acceptors (Lipinski definition) is 5. The van der Waals surface area contributed by atoms with Gasteiger partial charge in [-0.15, -0.1) is 0 Å². The number of nitrogens with zero attached hydrogens (tertiary/aromatic N) is 3. The minimum atomic E-state index is -1.12. The summed E-state index contributed by atoms with van der Waals surface area (Å²) in [6.45, 7) is 17.3. The molecule has 1 saturated heterocycles. The lowest BCUT2D eigenvalue weighted by atomic mass is 9.98. The number of carbonyl (C=O) groups is 1. The number of carbonyl (C=O) groups excluding carboxylic acids is 1. The van der Waals surface area contributed by atoms with E-state index in [0.29, 0.717) is 25.7 Å². The molecule has 0 saturated carbocycles. The Hall–Kier alpha value is -1.33. The number of amides is 1. The van der Waals surface area contributed by atoms with E-state index in [2.05, 4.69) is 60.3 Å². The summed E-state index contributed by atoms with van der Waals surface area (Å²) >= 11 is 2.33. The number of halogens is 1. The van der Waals surface area contributed by atoms with Gasteiger partial charge in [0.05, 0.1) is 11.9 Å². The monoisotopic (exact) mass is 587 g/mol. The van der Waals surface area contributed by atoms with Gasteiger partial charge in [-0.05, 0) is 67.8 Å². The third-order valence-corrected chi connectivity index (χ3v) is 7.99. The minimum Gasteiger partial charge on any atom is -0.488 e. The van der Waals surface area contributed by atoms with Crippen LogP contribution < -0.4 is 4.74 Å². The number of aromatic nitrogens is 2. The maximum Gasteiger partial charge on any atom is 0.410 e. The Balaban J connectivity index is 1.72. The van der Waals surface area contributed by atoms with Gasteiger partial charge in [0.25, 0.3) is 0 Å². The van der Waals surface area contributed by atoms with Gasteiger partial charge in [0.15, 0.2) is 0 Å². The third kappa shape index (κ3) is 7.58. The van der Waals surface area contributed by atoms with E-state index >= 15 is 0 Å². The van der Waals surface area contributed by atoms with Crippen LogP contribution in [0.3, 0.4) is 0 Å². The lowest BCUT2D eigenvalue weighted by molar-refractivity contribution is -0.000328. The van der Waals surface area contributed by atoms with Gasteiger partial charge in [0.1, 0.15) is 29.8 Å². The van der Waals surface area contributed by atoms with Gasteiger partial charge in [0.2, 0.25) is 0 Å². The van der Waals surface area contributed by atoms with E-state index in [1.165, 1.54) is 0 Å². The van der Waals surface area contributed by atoms with Crippen molar-refractivity contribution in [2.45, 2.75) is 78.2 Å². The lowest BCUT2D eigenvalue weighted by Gasteiger charge is -2.37. The zero-order valence-corrected chi connectivity index (χ0v) is 24.1. The summed E-state index contributed by atoms with van der Waals surface area (Å²) in [6, 6.07) is 3.05. The summed E-state index contributed by atoms with van der Waals surface area (Å²) in [4.78, 5) is 19.0. The summed E-state index contributed by atoms with van der Waals surface area (Å²) in [5.41, 5.74) is 0.347. The van der Waals surface area contributed by atoms with E-state index in [1.807, 2.05) is 31.4 Å². The number of ether oxygens (including phenoxy) is 3. The number of fused-ring (bicyclic) bond motifs is 1. The highest BCUT2D eigenvalue weighted by atomic mass is 127. The number of likely N-dealkylation sites (tertiary alicyclic amines) is 1. The van der Waals surface area contributed by atoms with E-state index in [4.69, 9.17) is 14.2 Å². The molecular weight excluding hydrogens is 549 g/mol. The van der Waals surface area contributed by atoms with Crippen molar-refractivity contribution >= 4 is 47.8 Å².